The molecule has 0 bridgehead atoms. The predicted molar refractivity (Wildman–Crippen MR) is 122 cm³/mol. The average molecular weight is 462 g/mol. The first kappa shape index (κ1) is 20.9. The summed E-state index contributed by atoms with van der Waals surface area (Å²) >= 11 is 1.35. The largest absolute Gasteiger partial charge is 0.337 e. The van der Waals surface area contributed by atoms with Gasteiger partial charge in [0, 0.05) is 43.2 Å². The molecule has 33 heavy (non-hydrogen) atoms. The minimum absolute atomic E-state index is 0.0424. The fourth-order valence-corrected chi connectivity index (χ4v) is 4.70. The maximum Gasteiger partial charge on any atom is 0.277 e. The predicted octanol–water partition coefficient (Wildman–Crippen LogP) is 1.87. The summed E-state index contributed by atoms with van der Waals surface area (Å²) in [5, 5.41) is 3.75. The Bertz CT molecular complexity index is 1400. The maximum atomic E-state index is 12.8. The summed E-state index contributed by atoms with van der Waals surface area (Å²) in [7, 11) is 0. The van der Waals surface area contributed by atoms with Gasteiger partial charge in [-0.25, -0.2) is 15.0 Å². The van der Waals surface area contributed by atoms with Gasteiger partial charge in [0.1, 0.15) is 5.69 Å². The fraction of sp³-hybridized carbons (Fsp3) is 0.227. The van der Waals surface area contributed by atoms with E-state index in [9.17, 15) is 14.4 Å². The molecule has 4 aromatic rings. The van der Waals surface area contributed by atoms with E-state index in [1.54, 1.807) is 23.1 Å². The molecule has 11 heteroatoms. The summed E-state index contributed by atoms with van der Waals surface area (Å²) < 4.78 is 1.47. The highest BCUT2D eigenvalue weighted by Gasteiger charge is 2.25. The monoisotopic (exact) mass is 461 g/mol. The van der Waals surface area contributed by atoms with Gasteiger partial charge in [-0.05, 0) is 12.1 Å². The number of aromatic nitrogens is 5. The number of nitrogens with one attached hydrogen (secondary N) is 1. The Morgan fingerprint density at radius 2 is 2.03 bits per heavy atom. The second-order valence-electron chi connectivity index (χ2n) is 7.51. The minimum atomic E-state index is -0.378. The lowest BCUT2D eigenvalue weighted by molar-refractivity contribution is -0.132. The number of para-hydroxylation sites is 1. The van der Waals surface area contributed by atoms with Crippen LogP contribution >= 0.6 is 11.3 Å². The molecule has 0 saturated heterocycles. The van der Waals surface area contributed by atoms with Crippen molar-refractivity contribution in [2.45, 2.75) is 25.9 Å². The SMILES string of the molecule is O=C(Nc1nc2c(s1)CN(C(=O)CCn1cnc3ccccc3c1=O)CC2)c1cnccn1. The summed E-state index contributed by atoms with van der Waals surface area (Å²) in [5.74, 6) is -0.421. The molecule has 166 valence electrons. The van der Waals surface area contributed by atoms with Crippen molar-refractivity contribution in [1.82, 2.24) is 29.4 Å². The number of hydrogen-bond acceptors (Lipinski definition) is 8. The van der Waals surface area contributed by atoms with E-state index in [0.717, 1.165) is 10.6 Å². The number of amides is 2. The van der Waals surface area contributed by atoms with Crippen molar-refractivity contribution >= 4 is 39.2 Å². The van der Waals surface area contributed by atoms with Crippen molar-refractivity contribution in [3.63, 3.8) is 0 Å². The lowest BCUT2D eigenvalue weighted by Gasteiger charge is -2.26. The summed E-state index contributed by atoms with van der Waals surface area (Å²) in [6.07, 6.45) is 6.63. The third kappa shape index (κ3) is 4.35. The van der Waals surface area contributed by atoms with Gasteiger partial charge in [-0.15, -0.1) is 0 Å². The highest BCUT2D eigenvalue weighted by molar-refractivity contribution is 7.15. The van der Waals surface area contributed by atoms with E-state index in [1.807, 2.05) is 6.07 Å². The molecule has 1 N–H and O–H groups in total. The van der Waals surface area contributed by atoms with Crippen LogP contribution in [0.4, 0.5) is 5.13 Å². The summed E-state index contributed by atoms with van der Waals surface area (Å²) in [5.41, 5.74) is 1.58. The van der Waals surface area contributed by atoms with Crippen LogP contribution < -0.4 is 10.9 Å². The molecule has 4 heterocycles. The molecular formula is C22H19N7O3S. The average Bonchev–Trinajstić information content (AvgIpc) is 3.25. The first-order valence-corrected chi connectivity index (χ1v) is 11.2. The number of carbonyl (C=O) groups excluding carboxylic acids is 2. The Hall–Kier alpha value is -3.99. The van der Waals surface area contributed by atoms with Crippen molar-refractivity contribution in [2.24, 2.45) is 0 Å². The van der Waals surface area contributed by atoms with Gasteiger partial charge >= 0.3 is 0 Å². The van der Waals surface area contributed by atoms with Gasteiger partial charge in [0.05, 0.1) is 35.7 Å². The van der Waals surface area contributed by atoms with E-state index in [4.69, 9.17) is 0 Å². The molecule has 0 unspecified atom stereocenters. The van der Waals surface area contributed by atoms with Crippen molar-refractivity contribution in [3.05, 3.63) is 75.8 Å². The molecule has 1 aromatic carbocycles. The Labute approximate surface area is 192 Å². The number of nitrogens with zero attached hydrogens (tertiary/aromatic N) is 6. The van der Waals surface area contributed by atoms with E-state index in [1.165, 1.54) is 40.8 Å². The van der Waals surface area contributed by atoms with Gasteiger partial charge in [-0.2, -0.15) is 0 Å². The molecule has 0 aliphatic carbocycles. The molecule has 10 nitrogen and oxygen atoms in total. The number of anilines is 1. The molecule has 5 rings (SSSR count). The summed E-state index contributed by atoms with van der Waals surface area (Å²) in [4.78, 5) is 57.1. The first-order chi connectivity index (χ1) is 16.1. The number of rotatable bonds is 5. The van der Waals surface area contributed by atoms with Gasteiger partial charge in [-0.1, -0.05) is 23.5 Å². The molecule has 0 saturated carbocycles. The number of aryl methyl sites for hydroxylation is 1. The van der Waals surface area contributed by atoms with Gasteiger partial charge in [-0.3, -0.25) is 29.3 Å². The number of hydrogen-bond donors (Lipinski definition) is 1. The molecular weight excluding hydrogens is 442 g/mol. The van der Waals surface area contributed by atoms with Crippen LogP contribution in [0.5, 0.6) is 0 Å². The molecule has 0 fully saturated rings. The van der Waals surface area contributed by atoms with Gasteiger partial charge in [0.15, 0.2) is 5.13 Å². The van der Waals surface area contributed by atoms with E-state index in [0.29, 0.717) is 35.5 Å². The zero-order chi connectivity index (χ0) is 22.8. The van der Waals surface area contributed by atoms with Crippen molar-refractivity contribution in [2.75, 3.05) is 11.9 Å². The van der Waals surface area contributed by atoms with Crippen LogP contribution in [0, 0.1) is 0 Å². The second kappa shape index (κ2) is 8.87. The number of fused-ring (bicyclic) bond motifs is 2. The summed E-state index contributed by atoms with van der Waals surface area (Å²) in [6.45, 7) is 1.23. The van der Waals surface area contributed by atoms with E-state index >= 15 is 0 Å². The van der Waals surface area contributed by atoms with Crippen LogP contribution in [0.25, 0.3) is 10.9 Å². The third-order valence-electron chi connectivity index (χ3n) is 5.40. The Morgan fingerprint density at radius 3 is 2.88 bits per heavy atom. The minimum Gasteiger partial charge on any atom is -0.337 e. The molecule has 1 aliphatic rings. The van der Waals surface area contributed by atoms with Crippen LogP contribution in [0.1, 0.15) is 27.5 Å². The van der Waals surface area contributed by atoms with Crippen molar-refractivity contribution in [1.29, 1.82) is 0 Å². The lowest BCUT2D eigenvalue weighted by Crippen LogP contribution is -2.36. The van der Waals surface area contributed by atoms with Crippen molar-refractivity contribution < 1.29 is 9.59 Å². The number of thiazole rings is 1. The maximum absolute atomic E-state index is 12.8. The fourth-order valence-electron chi connectivity index (χ4n) is 3.68. The first-order valence-electron chi connectivity index (χ1n) is 10.4. The van der Waals surface area contributed by atoms with Crippen LogP contribution in [0.2, 0.25) is 0 Å². The number of benzene rings is 1. The Balaban J connectivity index is 1.22. The van der Waals surface area contributed by atoms with Gasteiger partial charge in [0.2, 0.25) is 5.91 Å². The lowest BCUT2D eigenvalue weighted by atomic mass is 10.1. The Morgan fingerprint density at radius 1 is 1.15 bits per heavy atom. The third-order valence-corrected chi connectivity index (χ3v) is 6.40. The summed E-state index contributed by atoms with van der Waals surface area (Å²) in [6, 6.07) is 7.15. The topological polar surface area (TPSA) is 123 Å². The van der Waals surface area contributed by atoms with Crippen LogP contribution in [-0.4, -0.2) is 47.8 Å². The quantitative estimate of drug-likeness (QED) is 0.481. The zero-order valence-corrected chi connectivity index (χ0v) is 18.3. The molecule has 1 aliphatic heterocycles. The molecule has 0 spiro atoms. The number of carbonyl (C=O) groups is 2. The standard InChI is InChI=1S/C22H19N7O3S/c30-19(6-10-29-13-25-15-4-2-1-3-14(15)21(29)32)28-9-5-16-18(12-28)33-22(26-16)27-20(31)17-11-23-7-8-24-17/h1-4,7-8,11,13H,5-6,9-10,12H2,(H,26,27,31). The molecule has 0 atom stereocenters. The molecule has 0 radical (unpaired) electrons. The highest BCUT2D eigenvalue weighted by Crippen LogP contribution is 2.28. The van der Waals surface area contributed by atoms with E-state index < -0.39 is 0 Å². The molecule has 2 amide bonds. The van der Waals surface area contributed by atoms with Gasteiger partial charge < -0.3 is 4.90 Å². The normalized spacial score (nSPS) is 13.0. The zero-order valence-electron chi connectivity index (χ0n) is 17.5. The second-order valence-corrected chi connectivity index (χ2v) is 8.59. The van der Waals surface area contributed by atoms with E-state index in [-0.39, 0.29) is 36.0 Å². The van der Waals surface area contributed by atoms with Crippen LogP contribution in [-0.2, 0) is 24.3 Å². The van der Waals surface area contributed by atoms with E-state index in [2.05, 4.69) is 25.3 Å². The smallest absolute Gasteiger partial charge is 0.277 e. The van der Waals surface area contributed by atoms with Gasteiger partial charge in [0.25, 0.3) is 11.5 Å². The van der Waals surface area contributed by atoms with Crippen LogP contribution in [0.15, 0.2) is 54.0 Å². The van der Waals surface area contributed by atoms with Crippen molar-refractivity contribution in [3.8, 4) is 0 Å². The molecule has 3 aromatic heterocycles. The Kier molecular flexibility index (Phi) is 5.61. The highest BCUT2D eigenvalue weighted by atomic mass is 32.1. The van der Waals surface area contributed by atoms with Crippen LogP contribution in [0.3, 0.4) is 0 Å².